The number of anilines is 1. The van der Waals surface area contributed by atoms with Gasteiger partial charge in [-0.1, -0.05) is 43.7 Å². The maximum absolute atomic E-state index is 13.0. The van der Waals surface area contributed by atoms with Crippen molar-refractivity contribution >= 4 is 17.3 Å². The number of rotatable bonds is 4. The Bertz CT molecular complexity index is 361. The zero-order valence-corrected chi connectivity index (χ0v) is 10.8. The van der Waals surface area contributed by atoms with Crippen LogP contribution >= 0.6 is 11.6 Å². The molecule has 1 aliphatic carbocycles. The van der Waals surface area contributed by atoms with Crippen LogP contribution in [-0.2, 0) is 0 Å². The van der Waals surface area contributed by atoms with E-state index in [2.05, 4.69) is 5.32 Å². The molecule has 0 bridgehead atoms. The maximum Gasteiger partial charge on any atom is 0.141 e. The lowest BCUT2D eigenvalue weighted by Gasteiger charge is -2.21. The monoisotopic (exact) mass is 255 g/mol. The van der Waals surface area contributed by atoms with E-state index in [1.807, 2.05) is 0 Å². The number of hydrogen-bond acceptors (Lipinski definition) is 1. The zero-order chi connectivity index (χ0) is 12.1. The van der Waals surface area contributed by atoms with Crippen LogP contribution in [0, 0.1) is 11.7 Å². The summed E-state index contributed by atoms with van der Waals surface area (Å²) in [6, 6.07) is 4.80. The van der Waals surface area contributed by atoms with Gasteiger partial charge in [0.2, 0.25) is 0 Å². The van der Waals surface area contributed by atoms with Crippen LogP contribution in [0.15, 0.2) is 18.2 Å². The van der Waals surface area contributed by atoms with E-state index < -0.39 is 0 Å². The van der Waals surface area contributed by atoms with Crippen molar-refractivity contribution in [1.29, 1.82) is 0 Å². The summed E-state index contributed by atoms with van der Waals surface area (Å²) in [4.78, 5) is 0. The molecule has 0 unspecified atom stereocenters. The third-order valence-electron chi connectivity index (χ3n) is 3.53. The van der Waals surface area contributed by atoms with Gasteiger partial charge in [-0.25, -0.2) is 4.39 Å². The van der Waals surface area contributed by atoms with E-state index in [1.54, 1.807) is 12.1 Å². The Morgan fingerprint density at radius 3 is 2.71 bits per heavy atom. The Hall–Kier alpha value is -0.760. The molecule has 0 amide bonds. The molecular weight excluding hydrogens is 237 g/mol. The Balaban J connectivity index is 1.75. The summed E-state index contributed by atoms with van der Waals surface area (Å²) in [6.45, 7) is 0.951. The van der Waals surface area contributed by atoms with E-state index in [0.29, 0.717) is 0 Å². The van der Waals surface area contributed by atoms with Gasteiger partial charge in [0.05, 0.1) is 5.02 Å². The molecule has 2 rings (SSSR count). The molecule has 1 saturated carbocycles. The van der Waals surface area contributed by atoms with Crippen LogP contribution in [0.2, 0.25) is 5.02 Å². The molecule has 0 aromatic heterocycles. The predicted octanol–water partition coefficient (Wildman–Crippen LogP) is 4.86. The average Bonchev–Trinajstić information content (AvgIpc) is 2.35. The fourth-order valence-corrected chi connectivity index (χ4v) is 2.68. The Kier molecular flexibility index (Phi) is 4.66. The van der Waals surface area contributed by atoms with Gasteiger partial charge < -0.3 is 5.32 Å². The first kappa shape index (κ1) is 12.7. The third kappa shape index (κ3) is 3.88. The first-order valence-corrected chi connectivity index (χ1v) is 6.82. The molecule has 0 atom stereocenters. The van der Waals surface area contributed by atoms with E-state index >= 15 is 0 Å². The van der Waals surface area contributed by atoms with E-state index in [1.165, 1.54) is 44.6 Å². The van der Waals surface area contributed by atoms with Crippen molar-refractivity contribution in [1.82, 2.24) is 0 Å². The van der Waals surface area contributed by atoms with Gasteiger partial charge in [0, 0.05) is 12.2 Å². The Morgan fingerprint density at radius 2 is 2.00 bits per heavy atom. The van der Waals surface area contributed by atoms with Crippen molar-refractivity contribution < 1.29 is 4.39 Å². The first-order chi connectivity index (χ1) is 8.25. The fourth-order valence-electron chi connectivity index (χ4n) is 2.50. The van der Waals surface area contributed by atoms with Gasteiger partial charge in [-0.2, -0.15) is 0 Å². The van der Waals surface area contributed by atoms with E-state index in [0.717, 1.165) is 18.2 Å². The molecule has 1 aromatic rings. The molecule has 1 nitrogen and oxygen atoms in total. The van der Waals surface area contributed by atoms with E-state index in [9.17, 15) is 4.39 Å². The normalized spacial score (nSPS) is 17.1. The van der Waals surface area contributed by atoms with Crippen molar-refractivity contribution in [2.75, 3.05) is 11.9 Å². The average molecular weight is 256 g/mol. The number of benzene rings is 1. The van der Waals surface area contributed by atoms with Crippen molar-refractivity contribution in [3.8, 4) is 0 Å². The van der Waals surface area contributed by atoms with Crippen molar-refractivity contribution in [2.45, 2.75) is 38.5 Å². The SMILES string of the molecule is Fc1ccc(NCCC2CCCCC2)cc1Cl. The van der Waals surface area contributed by atoms with E-state index in [-0.39, 0.29) is 10.8 Å². The molecule has 0 spiro atoms. The van der Waals surface area contributed by atoms with Gasteiger partial charge in [0.15, 0.2) is 0 Å². The molecular formula is C14H19ClFN. The Labute approximate surface area is 107 Å². The topological polar surface area (TPSA) is 12.0 Å². The lowest BCUT2D eigenvalue weighted by molar-refractivity contribution is 0.345. The zero-order valence-electron chi connectivity index (χ0n) is 10.0. The molecule has 0 saturated heterocycles. The number of nitrogens with one attached hydrogen (secondary N) is 1. The van der Waals surface area contributed by atoms with Crippen molar-refractivity contribution in [3.63, 3.8) is 0 Å². The summed E-state index contributed by atoms with van der Waals surface area (Å²) in [6.07, 6.45) is 8.10. The second-order valence-electron chi connectivity index (χ2n) is 4.85. The highest BCUT2D eigenvalue weighted by molar-refractivity contribution is 6.31. The second kappa shape index (κ2) is 6.25. The molecule has 0 heterocycles. The predicted molar refractivity (Wildman–Crippen MR) is 71.1 cm³/mol. The molecule has 0 aliphatic heterocycles. The van der Waals surface area contributed by atoms with Gasteiger partial charge >= 0.3 is 0 Å². The van der Waals surface area contributed by atoms with Crippen molar-refractivity contribution in [2.24, 2.45) is 5.92 Å². The van der Waals surface area contributed by atoms with Gasteiger partial charge in [-0.3, -0.25) is 0 Å². The summed E-state index contributed by atoms with van der Waals surface area (Å²) in [5, 5.41) is 3.50. The molecule has 1 fully saturated rings. The van der Waals surface area contributed by atoms with Crippen LogP contribution in [0.25, 0.3) is 0 Å². The molecule has 3 heteroatoms. The maximum atomic E-state index is 13.0. The minimum absolute atomic E-state index is 0.188. The van der Waals surface area contributed by atoms with E-state index in [4.69, 9.17) is 11.6 Å². The second-order valence-corrected chi connectivity index (χ2v) is 5.26. The van der Waals surface area contributed by atoms with Crippen molar-refractivity contribution in [3.05, 3.63) is 29.0 Å². The molecule has 1 aromatic carbocycles. The molecule has 0 radical (unpaired) electrons. The molecule has 94 valence electrons. The van der Waals surface area contributed by atoms with Crippen LogP contribution in [0.3, 0.4) is 0 Å². The smallest absolute Gasteiger partial charge is 0.141 e. The quantitative estimate of drug-likeness (QED) is 0.810. The summed E-state index contributed by atoms with van der Waals surface area (Å²) in [5.74, 6) is 0.511. The Morgan fingerprint density at radius 1 is 1.24 bits per heavy atom. The summed E-state index contributed by atoms with van der Waals surface area (Å²) in [5.41, 5.74) is 0.909. The highest BCUT2D eigenvalue weighted by Gasteiger charge is 2.12. The van der Waals surface area contributed by atoms with Gasteiger partial charge in [0.25, 0.3) is 0 Å². The van der Waals surface area contributed by atoms with Crippen LogP contribution in [0.5, 0.6) is 0 Å². The third-order valence-corrected chi connectivity index (χ3v) is 3.82. The van der Waals surface area contributed by atoms with Gasteiger partial charge in [-0.05, 0) is 30.5 Å². The molecule has 17 heavy (non-hydrogen) atoms. The molecule has 1 N–H and O–H groups in total. The number of halogens is 2. The summed E-state index contributed by atoms with van der Waals surface area (Å²) in [7, 11) is 0. The lowest BCUT2D eigenvalue weighted by atomic mass is 9.87. The highest BCUT2D eigenvalue weighted by Crippen LogP contribution is 2.26. The highest BCUT2D eigenvalue weighted by atomic mass is 35.5. The fraction of sp³-hybridized carbons (Fsp3) is 0.571. The van der Waals surface area contributed by atoms with Crippen LogP contribution in [0.1, 0.15) is 38.5 Å². The first-order valence-electron chi connectivity index (χ1n) is 6.44. The van der Waals surface area contributed by atoms with Crippen LogP contribution in [-0.4, -0.2) is 6.54 Å². The van der Waals surface area contributed by atoms with Crippen LogP contribution < -0.4 is 5.32 Å². The minimum Gasteiger partial charge on any atom is -0.385 e. The van der Waals surface area contributed by atoms with Crippen LogP contribution in [0.4, 0.5) is 10.1 Å². The summed E-state index contributed by atoms with van der Waals surface area (Å²) >= 11 is 5.73. The summed E-state index contributed by atoms with van der Waals surface area (Å²) < 4.78 is 13.0. The minimum atomic E-state index is -0.357. The molecule has 1 aliphatic rings. The lowest BCUT2D eigenvalue weighted by Crippen LogP contribution is -2.12. The standard InChI is InChI=1S/C14H19ClFN/c15-13-10-12(6-7-14(13)16)17-9-8-11-4-2-1-3-5-11/h6-7,10-11,17H,1-5,8-9H2. The largest absolute Gasteiger partial charge is 0.385 e. The van der Waals surface area contributed by atoms with Gasteiger partial charge in [-0.15, -0.1) is 0 Å². The van der Waals surface area contributed by atoms with Gasteiger partial charge in [0.1, 0.15) is 5.82 Å². The number of hydrogen-bond donors (Lipinski definition) is 1.